The molecule has 3 aliphatic heterocycles. The van der Waals surface area contributed by atoms with Crippen LogP contribution >= 0.6 is 15.9 Å². The predicted octanol–water partition coefficient (Wildman–Crippen LogP) is 2.28. The number of rotatable bonds is 5. The number of likely N-dealkylation sites (tertiary alicyclic amines) is 1. The van der Waals surface area contributed by atoms with Crippen LogP contribution in [0.2, 0.25) is 0 Å². The van der Waals surface area contributed by atoms with Gasteiger partial charge in [-0.3, -0.25) is 9.59 Å². The monoisotopic (exact) mass is 459 g/mol. The number of hydrogen-bond acceptors (Lipinski definition) is 5. The highest BCUT2D eigenvalue weighted by atomic mass is 79.9. The van der Waals surface area contributed by atoms with Crippen LogP contribution in [0, 0.1) is 0 Å². The van der Waals surface area contributed by atoms with Crippen LogP contribution in [-0.2, 0) is 9.59 Å². The first-order valence-electron chi connectivity index (χ1n) is 10.1. The molecule has 0 radical (unpaired) electrons. The molecule has 3 aliphatic rings. The van der Waals surface area contributed by atoms with Crippen LogP contribution in [0.1, 0.15) is 38.2 Å². The van der Waals surface area contributed by atoms with Gasteiger partial charge in [0.25, 0.3) is 0 Å². The van der Waals surface area contributed by atoms with Crippen LogP contribution < -0.4 is 16.0 Å². The Morgan fingerprint density at radius 1 is 1.41 bits per heavy atom. The third kappa shape index (κ3) is 4.09. The second-order valence-corrected chi connectivity index (χ2v) is 8.76. The zero-order valence-corrected chi connectivity index (χ0v) is 18.3. The molecule has 2 atom stereocenters. The lowest BCUT2D eigenvalue weighted by Gasteiger charge is -2.16. The zero-order valence-electron chi connectivity index (χ0n) is 16.7. The largest absolute Gasteiger partial charge is 0.378 e. The lowest BCUT2D eigenvalue weighted by atomic mass is 9.99. The van der Waals surface area contributed by atoms with Crippen molar-refractivity contribution in [3.63, 3.8) is 0 Å². The van der Waals surface area contributed by atoms with Crippen molar-refractivity contribution in [3.05, 3.63) is 45.2 Å². The second-order valence-electron chi connectivity index (χ2n) is 7.85. The summed E-state index contributed by atoms with van der Waals surface area (Å²) in [5, 5.41) is 9.24. The number of nitrogens with one attached hydrogen (secondary N) is 3. The van der Waals surface area contributed by atoms with Crippen molar-refractivity contribution in [1.29, 1.82) is 0 Å². The first kappa shape index (κ1) is 20.1. The van der Waals surface area contributed by atoms with Crippen molar-refractivity contribution < 1.29 is 9.59 Å². The minimum atomic E-state index is -0.433. The molecule has 7 nitrogen and oxygen atoms in total. The summed E-state index contributed by atoms with van der Waals surface area (Å²) < 4.78 is 0.828. The quantitative estimate of drug-likeness (QED) is 0.628. The third-order valence-electron chi connectivity index (χ3n) is 5.85. The Balaban J connectivity index is 1.49. The first-order valence-corrected chi connectivity index (χ1v) is 10.9. The summed E-state index contributed by atoms with van der Waals surface area (Å²) in [5.41, 5.74) is 3.29. The summed E-state index contributed by atoms with van der Waals surface area (Å²) >= 11 is 3.42. The number of nitrogens with zero attached hydrogens (tertiary/aromatic N) is 2. The zero-order chi connectivity index (χ0) is 20.5. The van der Waals surface area contributed by atoms with Crippen molar-refractivity contribution in [3.8, 4) is 0 Å². The Morgan fingerprint density at radius 2 is 2.17 bits per heavy atom. The van der Waals surface area contributed by atoms with Crippen LogP contribution in [-0.4, -0.2) is 53.9 Å². The molecule has 0 aliphatic carbocycles. The van der Waals surface area contributed by atoms with Crippen molar-refractivity contribution in [2.75, 3.05) is 31.5 Å². The number of halogens is 1. The van der Waals surface area contributed by atoms with Crippen LogP contribution in [0.25, 0.3) is 0 Å². The van der Waals surface area contributed by atoms with Gasteiger partial charge < -0.3 is 20.9 Å². The van der Waals surface area contributed by atoms with E-state index in [1.54, 1.807) is 6.20 Å². The van der Waals surface area contributed by atoms with Gasteiger partial charge in [0.15, 0.2) is 0 Å². The minimum absolute atomic E-state index is 0.0363. The number of fused-ring (bicyclic) bond motifs is 1. The van der Waals surface area contributed by atoms with E-state index in [0.29, 0.717) is 12.4 Å². The Kier molecular flexibility index (Phi) is 5.74. The van der Waals surface area contributed by atoms with E-state index < -0.39 is 5.92 Å². The standard InChI is InChI=1S/C21H26BrN5O2/c1-12-17(10-16-15-9-14(22)11-24-19(15)26-20(16)28)25-13(2)18(12)21(29)23-5-8-27-6-3-4-7-27/h9-11,13,16,25H,3-8H2,1-2H3,(H,23,29)(H,24,26,28)/b17-10-. The maximum Gasteiger partial charge on any atom is 0.249 e. The lowest BCUT2D eigenvalue weighted by Crippen LogP contribution is -2.36. The smallest absolute Gasteiger partial charge is 0.249 e. The number of carbonyl (C=O) groups is 2. The molecule has 0 aromatic carbocycles. The van der Waals surface area contributed by atoms with Gasteiger partial charge >= 0.3 is 0 Å². The van der Waals surface area contributed by atoms with E-state index in [-0.39, 0.29) is 17.9 Å². The van der Waals surface area contributed by atoms with Gasteiger partial charge in [-0.05, 0) is 73.4 Å². The van der Waals surface area contributed by atoms with Crippen LogP contribution in [0.5, 0.6) is 0 Å². The van der Waals surface area contributed by atoms with Gasteiger partial charge in [-0.25, -0.2) is 4.98 Å². The van der Waals surface area contributed by atoms with E-state index in [4.69, 9.17) is 0 Å². The molecule has 8 heteroatoms. The number of pyridine rings is 1. The lowest BCUT2D eigenvalue weighted by molar-refractivity contribution is -0.118. The van der Waals surface area contributed by atoms with E-state index in [1.807, 2.05) is 26.0 Å². The van der Waals surface area contributed by atoms with E-state index in [9.17, 15) is 9.59 Å². The molecule has 1 fully saturated rings. The highest BCUT2D eigenvalue weighted by molar-refractivity contribution is 9.10. The van der Waals surface area contributed by atoms with Crippen molar-refractivity contribution >= 4 is 33.6 Å². The summed E-state index contributed by atoms with van der Waals surface area (Å²) in [4.78, 5) is 31.9. The molecule has 4 heterocycles. The average molecular weight is 460 g/mol. The number of amides is 2. The molecule has 2 unspecified atom stereocenters. The first-order chi connectivity index (χ1) is 13.9. The molecule has 2 amide bonds. The summed E-state index contributed by atoms with van der Waals surface area (Å²) in [7, 11) is 0. The second kappa shape index (κ2) is 8.28. The fourth-order valence-electron chi connectivity index (χ4n) is 4.32. The molecule has 0 saturated carbocycles. The minimum Gasteiger partial charge on any atom is -0.378 e. The van der Waals surface area contributed by atoms with Gasteiger partial charge in [0.1, 0.15) is 5.82 Å². The molecule has 0 bridgehead atoms. The molecular weight excluding hydrogens is 434 g/mol. The molecule has 1 aromatic heterocycles. The Labute approximate surface area is 179 Å². The van der Waals surface area contributed by atoms with Crippen LogP contribution in [0.3, 0.4) is 0 Å². The van der Waals surface area contributed by atoms with Crippen LogP contribution in [0.4, 0.5) is 5.82 Å². The molecule has 29 heavy (non-hydrogen) atoms. The Hall–Kier alpha value is -2.19. The number of hydrogen-bond donors (Lipinski definition) is 3. The Bertz CT molecular complexity index is 904. The van der Waals surface area contributed by atoms with Gasteiger partial charge in [0.05, 0.1) is 12.0 Å². The van der Waals surface area contributed by atoms with Gasteiger partial charge in [-0.2, -0.15) is 0 Å². The van der Waals surface area contributed by atoms with E-state index >= 15 is 0 Å². The Morgan fingerprint density at radius 3 is 2.93 bits per heavy atom. The highest BCUT2D eigenvalue weighted by Crippen LogP contribution is 2.36. The number of aromatic nitrogens is 1. The predicted molar refractivity (Wildman–Crippen MR) is 115 cm³/mol. The molecule has 154 valence electrons. The third-order valence-corrected chi connectivity index (χ3v) is 6.28. The van der Waals surface area contributed by atoms with Crippen molar-refractivity contribution in [1.82, 2.24) is 20.5 Å². The maximum absolute atomic E-state index is 12.8. The summed E-state index contributed by atoms with van der Waals surface area (Å²) in [6.45, 7) is 7.70. The van der Waals surface area contributed by atoms with Crippen molar-refractivity contribution in [2.45, 2.75) is 38.6 Å². The molecule has 3 N–H and O–H groups in total. The number of allylic oxidation sites excluding steroid dienone is 1. The van der Waals surface area contributed by atoms with Crippen molar-refractivity contribution in [2.24, 2.45) is 0 Å². The number of anilines is 1. The SMILES string of the molecule is CC1=C(C(=O)NCCN2CCCC2)C(C)N/C1=C\C1C(=O)Nc2ncc(Br)cc21. The maximum atomic E-state index is 12.8. The van der Waals surface area contributed by atoms with Gasteiger partial charge in [-0.1, -0.05) is 0 Å². The summed E-state index contributed by atoms with van der Waals surface area (Å²) in [6.07, 6.45) is 6.06. The van der Waals surface area contributed by atoms with E-state index in [1.165, 1.54) is 12.8 Å². The average Bonchev–Trinajstić information content (AvgIpc) is 3.36. The highest BCUT2D eigenvalue weighted by Gasteiger charge is 2.34. The topological polar surface area (TPSA) is 86.4 Å². The number of carbonyl (C=O) groups excluding carboxylic acids is 2. The normalized spacial score (nSPS) is 25.3. The van der Waals surface area contributed by atoms with Gasteiger partial charge in [0.2, 0.25) is 11.8 Å². The molecule has 0 spiro atoms. The van der Waals surface area contributed by atoms with Crippen LogP contribution in [0.15, 0.2) is 39.7 Å². The summed E-state index contributed by atoms with van der Waals surface area (Å²) in [5.74, 6) is 0.0134. The fourth-order valence-corrected chi connectivity index (χ4v) is 4.67. The molecule has 1 aromatic rings. The van der Waals surface area contributed by atoms with Gasteiger partial charge in [-0.15, -0.1) is 0 Å². The molecule has 1 saturated heterocycles. The van der Waals surface area contributed by atoms with E-state index in [0.717, 1.165) is 46.5 Å². The van der Waals surface area contributed by atoms with Gasteiger partial charge in [0, 0.05) is 40.6 Å². The fraction of sp³-hybridized carbons (Fsp3) is 0.476. The molecular formula is C21H26BrN5O2. The summed E-state index contributed by atoms with van der Waals surface area (Å²) in [6, 6.07) is 1.81. The molecule has 4 rings (SSSR count). The van der Waals surface area contributed by atoms with E-state index in [2.05, 4.69) is 41.8 Å².